The van der Waals surface area contributed by atoms with Gasteiger partial charge in [0.25, 0.3) is 0 Å². The van der Waals surface area contributed by atoms with Gasteiger partial charge in [0.05, 0.1) is 12.1 Å². The minimum absolute atomic E-state index is 0.197. The fraction of sp³-hybridized carbons (Fsp3) is 0.0833. The zero-order valence-corrected chi connectivity index (χ0v) is 15.4. The Morgan fingerprint density at radius 3 is 2.43 bits per heavy atom. The number of aryl methyl sites for hydroxylation is 1. The maximum atomic E-state index is 14.3. The van der Waals surface area contributed by atoms with Crippen molar-refractivity contribution in [3.63, 3.8) is 0 Å². The van der Waals surface area contributed by atoms with Crippen LogP contribution >= 0.6 is 0 Å². The first kappa shape index (κ1) is 16.6. The van der Waals surface area contributed by atoms with Gasteiger partial charge in [-0.15, -0.1) is 10.2 Å². The molecule has 0 saturated heterocycles. The summed E-state index contributed by atoms with van der Waals surface area (Å²) in [6.07, 6.45) is 2.04. The molecule has 3 aromatic rings. The van der Waals surface area contributed by atoms with E-state index in [0.29, 0.717) is 12.1 Å². The molecule has 0 spiro atoms. The number of benzene rings is 3. The van der Waals surface area contributed by atoms with E-state index in [1.807, 2.05) is 48.7 Å². The second kappa shape index (κ2) is 6.57. The second-order valence-electron chi connectivity index (χ2n) is 7.05. The van der Waals surface area contributed by atoms with E-state index in [1.165, 1.54) is 6.07 Å². The maximum Gasteiger partial charge on any atom is 0.128 e. The van der Waals surface area contributed by atoms with E-state index in [0.717, 1.165) is 39.0 Å². The van der Waals surface area contributed by atoms with Gasteiger partial charge in [-0.05, 0) is 25.1 Å². The zero-order chi connectivity index (χ0) is 19.1. The number of hydrogen-bond acceptors (Lipinski definition) is 2. The van der Waals surface area contributed by atoms with Crippen molar-refractivity contribution in [3.8, 4) is 22.5 Å². The molecule has 0 aliphatic carbocycles. The van der Waals surface area contributed by atoms with Gasteiger partial charge in [0.2, 0.25) is 0 Å². The van der Waals surface area contributed by atoms with Gasteiger partial charge in [-0.2, -0.15) is 0 Å². The summed E-state index contributed by atoms with van der Waals surface area (Å²) < 4.78 is 16.4. The number of aromatic nitrogens is 3. The molecule has 0 atom stereocenters. The molecule has 0 radical (unpaired) electrons. The molecule has 2 aliphatic rings. The highest BCUT2D eigenvalue weighted by molar-refractivity contribution is 5.98. The first-order chi connectivity index (χ1) is 13.7. The maximum absolute atomic E-state index is 14.3. The van der Waals surface area contributed by atoms with Crippen molar-refractivity contribution in [2.45, 2.75) is 13.5 Å². The highest BCUT2D eigenvalue weighted by Gasteiger charge is 2.20. The molecule has 0 aromatic heterocycles. The van der Waals surface area contributed by atoms with Crippen LogP contribution in [-0.2, 0) is 6.54 Å². The molecule has 0 bridgehead atoms. The SMILES string of the molecule is Cc1ccc2c(c1)c1nnc(-c3ccccc3)c-1cn2Cc1ccccc1F. The van der Waals surface area contributed by atoms with Gasteiger partial charge < -0.3 is 4.57 Å². The Kier molecular flexibility index (Phi) is 3.90. The molecule has 0 amide bonds. The molecule has 0 fully saturated rings. The smallest absolute Gasteiger partial charge is 0.128 e. The predicted octanol–water partition coefficient (Wildman–Crippen LogP) is 5.70. The Labute approximate surface area is 162 Å². The Hall–Kier alpha value is -3.53. The van der Waals surface area contributed by atoms with Crippen LogP contribution in [-0.4, -0.2) is 14.8 Å². The van der Waals surface area contributed by atoms with Crippen molar-refractivity contribution in [1.29, 1.82) is 0 Å². The molecule has 4 heteroatoms. The van der Waals surface area contributed by atoms with Crippen LogP contribution in [0.25, 0.3) is 33.4 Å². The Balaban J connectivity index is 1.77. The second-order valence-corrected chi connectivity index (χ2v) is 7.05. The largest absolute Gasteiger partial charge is 0.342 e. The van der Waals surface area contributed by atoms with E-state index >= 15 is 0 Å². The van der Waals surface area contributed by atoms with Crippen LogP contribution in [0.4, 0.5) is 4.39 Å². The molecule has 2 heterocycles. The molecule has 0 saturated carbocycles. The van der Waals surface area contributed by atoms with Crippen LogP contribution in [0.15, 0.2) is 79.0 Å². The minimum Gasteiger partial charge on any atom is -0.342 e. The lowest BCUT2D eigenvalue weighted by Crippen LogP contribution is -2.05. The molecule has 3 nitrogen and oxygen atoms in total. The third-order valence-electron chi connectivity index (χ3n) is 5.11. The molecule has 28 heavy (non-hydrogen) atoms. The molecule has 0 unspecified atom stereocenters. The molecule has 0 N–H and O–H groups in total. The molecule has 136 valence electrons. The average molecular weight is 367 g/mol. The van der Waals surface area contributed by atoms with E-state index in [9.17, 15) is 4.39 Å². The third-order valence-corrected chi connectivity index (χ3v) is 5.11. The third kappa shape index (κ3) is 2.74. The Bertz CT molecular complexity index is 1260. The fourth-order valence-electron chi connectivity index (χ4n) is 3.71. The van der Waals surface area contributed by atoms with Crippen LogP contribution in [0, 0.1) is 12.7 Å². The predicted molar refractivity (Wildman–Crippen MR) is 110 cm³/mol. The normalized spacial score (nSPS) is 11.4. The number of halogens is 1. The van der Waals surface area contributed by atoms with Crippen molar-refractivity contribution in [2.75, 3.05) is 0 Å². The molecular formula is C24H18FN3. The first-order valence-electron chi connectivity index (χ1n) is 9.25. The van der Waals surface area contributed by atoms with Gasteiger partial charge in [-0.3, -0.25) is 0 Å². The van der Waals surface area contributed by atoms with Gasteiger partial charge in [-0.1, -0.05) is 60.2 Å². The van der Waals surface area contributed by atoms with Gasteiger partial charge in [0.1, 0.15) is 17.2 Å². The standard InChI is InChI=1S/C24H18FN3/c1-16-11-12-22-19(13-16)24-20(23(26-27-24)17-7-3-2-4-8-17)15-28(22)14-18-9-5-6-10-21(18)25/h2-13,15H,14H2,1H3. The number of pyridine rings is 1. The monoisotopic (exact) mass is 367 g/mol. The van der Waals surface area contributed by atoms with E-state index in [-0.39, 0.29) is 5.82 Å². The van der Waals surface area contributed by atoms with E-state index in [2.05, 4.69) is 39.9 Å². The summed E-state index contributed by atoms with van der Waals surface area (Å²) in [4.78, 5) is 0. The first-order valence-corrected chi connectivity index (χ1v) is 9.25. The van der Waals surface area contributed by atoms with Crippen molar-refractivity contribution in [1.82, 2.24) is 14.8 Å². The summed E-state index contributed by atoms with van der Waals surface area (Å²) in [6.45, 7) is 2.51. The van der Waals surface area contributed by atoms with Gasteiger partial charge in [0, 0.05) is 28.3 Å². The van der Waals surface area contributed by atoms with Crippen LogP contribution in [0.5, 0.6) is 0 Å². The van der Waals surface area contributed by atoms with E-state index in [1.54, 1.807) is 6.07 Å². The summed E-state index contributed by atoms with van der Waals surface area (Å²) in [5.74, 6) is -0.197. The van der Waals surface area contributed by atoms with Crippen molar-refractivity contribution in [3.05, 3.63) is 95.9 Å². The van der Waals surface area contributed by atoms with Crippen molar-refractivity contribution in [2.24, 2.45) is 0 Å². The number of nitrogens with zero attached hydrogens (tertiary/aromatic N) is 3. The van der Waals surface area contributed by atoms with E-state index < -0.39 is 0 Å². The lowest BCUT2D eigenvalue weighted by atomic mass is 10.0. The lowest BCUT2D eigenvalue weighted by molar-refractivity contribution is 0.601. The summed E-state index contributed by atoms with van der Waals surface area (Å²) in [7, 11) is 0. The van der Waals surface area contributed by atoms with Gasteiger partial charge in [-0.25, -0.2) is 4.39 Å². The van der Waals surface area contributed by atoms with Crippen LogP contribution in [0.2, 0.25) is 0 Å². The number of rotatable bonds is 3. The summed E-state index contributed by atoms with van der Waals surface area (Å²) in [5.41, 5.74) is 6.55. The lowest BCUT2D eigenvalue weighted by Gasteiger charge is -2.16. The number of hydrogen-bond donors (Lipinski definition) is 0. The van der Waals surface area contributed by atoms with Crippen LogP contribution < -0.4 is 0 Å². The zero-order valence-electron chi connectivity index (χ0n) is 15.4. The van der Waals surface area contributed by atoms with Crippen molar-refractivity contribution < 1.29 is 4.39 Å². The Morgan fingerprint density at radius 2 is 1.61 bits per heavy atom. The number of fused-ring (bicyclic) bond motifs is 3. The summed E-state index contributed by atoms with van der Waals surface area (Å²) in [6, 6.07) is 23.2. The van der Waals surface area contributed by atoms with Crippen LogP contribution in [0.1, 0.15) is 11.1 Å². The fourth-order valence-corrected chi connectivity index (χ4v) is 3.71. The van der Waals surface area contributed by atoms with Crippen LogP contribution in [0.3, 0.4) is 0 Å². The average Bonchev–Trinajstić information content (AvgIpc) is 3.14. The van der Waals surface area contributed by atoms with Crippen molar-refractivity contribution >= 4 is 10.9 Å². The topological polar surface area (TPSA) is 30.7 Å². The molecule has 5 rings (SSSR count). The van der Waals surface area contributed by atoms with E-state index in [4.69, 9.17) is 0 Å². The highest BCUT2D eigenvalue weighted by atomic mass is 19.1. The molecular weight excluding hydrogens is 349 g/mol. The molecule has 2 aliphatic heterocycles. The van der Waals surface area contributed by atoms with Gasteiger partial charge >= 0.3 is 0 Å². The summed E-state index contributed by atoms with van der Waals surface area (Å²) >= 11 is 0. The minimum atomic E-state index is -0.197. The molecule has 3 aromatic carbocycles. The van der Waals surface area contributed by atoms with Gasteiger partial charge in [0.15, 0.2) is 0 Å². The summed E-state index contributed by atoms with van der Waals surface area (Å²) in [5, 5.41) is 10.00. The quantitative estimate of drug-likeness (QED) is 0.410. The highest BCUT2D eigenvalue weighted by Crippen LogP contribution is 2.37. The Morgan fingerprint density at radius 1 is 0.857 bits per heavy atom.